The van der Waals surface area contributed by atoms with E-state index in [0.717, 1.165) is 5.56 Å². The van der Waals surface area contributed by atoms with Crippen molar-refractivity contribution in [3.63, 3.8) is 0 Å². The third kappa shape index (κ3) is 2.40. The second kappa shape index (κ2) is 4.85. The highest BCUT2D eigenvalue weighted by atomic mass is 32.2. The summed E-state index contributed by atoms with van der Waals surface area (Å²) in [7, 11) is -3.08. The number of hydrogen-bond acceptors (Lipinski definition) is 3. The Hall–Kier alpha value is -0.870. The van der Waals surface area contributed by atoms with E-state index in [1.807, 2.05) is 18.2 Å². The first-order valence-corrected chi connectivity index (χ1v) is 9.13. The van der Waals surface area contributed by atoms with Crippen molar-refractivity contribution in [3.05, 3.63) is 29.8 Å². The molecule has 1 fully saturated rings. The monoisotopic (exact) mass is 293 g/mol. The molecular weight excluding hydrogens is 270 g/mol. The van der Waals surface area contributed by atoms with Crippen LogP contribution in [0.5, 0.6) is 0 Å². The maximum atomic E-state index is 12.2. The van der Waals surface area contributed by atoms with Crippen molar-refractivity contribution in [2.24, 2.45) is 5.41 Å². The van der Waals surface area contributed by atoms with Crippen molar-refractivity contribution in [2.75, 3.05) is 5.75 Å². The number of benzene rings is 1. The van der Waals surface area contributed by atoms with Gasteiger partial charge in [-0.15, -0.1) is 0 Å². The molecule has 1 saturated carbocycles. The van der Waals surface area contributed by atoms with E-state index in [1.54, 1.807) is 6.07 Å². The molecule has 2 unspecified atom stereocenters. The van der Waals surface area contributed by atoms with Gasteiger partial charge in [0.25, 0.3) is 0 Å². The minimum atomic E-state index is -3.08. The predicted octanol–water partition coefficient (Wildman–Crippen LogP) is 3.07. The van der Waals surface area contributed by atoms with Crippen molar-refractivity contribution in [2.45, 2.75) is 56.5 Å². The van der Waals surface area contributed by atoms with Crippen LogP contribution in [0.2, 0.25) is 0 Å². The molecule has 0 saturated heterocycles. The molecule has 1 aliphatic carbocycles. The summed E-state index contributed by atoms with van der Waals surface area (Å²) in [4.78, 5) is 0.527. The Morgan fingerprint density at radius 2 is 1.95 bits per heavy atom. The first-order valence-electron chi connectivity index (χ1n) is 7.48. The fraction of sp³-hybridized carbons (Fsp3) is 0.625. The van der Waals surface area contributed by atoms with Crippen LogP contribution < -0.4 is 5.32 Å². The van der Waals surface area contributed by atoms with Gasteiger partial charge in [0.1, 0.15) is 0 Å². The number of sulfone groups is 1. The highest BCUT2D eigenvalue weighted by Crippen LogP contribution is 2.40. The summed E-state index contributed by atoms with van der Waals surface area (Å²) in [6, 6.07) is 8.13. The first-order chi connectivity index (χ1) is 9.40. The second-order valence-corrected chi connectivity index (χ2v) is 8.88. The van der Waals surface area contributed by atoms with Crippen molar-refractivity contribution >= 4 is 9.84 Å². The van der Waals surface area contributed by atoms with Crippen molar-refractivity contribution in [1.82, 2.24) is 5.32 Å². The number of hydrogen-bond donors (Lipinski definition) is 1. The zero-order valence-corrected chi connectivity index (χ0v) is 13.0. The SMILES string of the molecule is CC1(C)CCCC1NC1CCS(=O)(=O)c2ccccc21. The zero-order chi connectivity index (χ0) is 14.4. The van der Waals surface area contributed by atoms with Crippen LogP contribution in [0.25, 0.3) is 0 Å². The number of rotatable bonds is 2. The molecule has 1 N–H and O–H groups in total. The van der Waals surface area contributed by atoms with Gasteiger partial charge < -0.3 is 5.32 Å². The zero-order valence-electron chi connectivity index (χ0n) is 12.2. The van der Waals surface area contributed by atoms with E-state index in [2.05, 4.69) is 19.2 Å². The van der Waals surface area contributed by atoms with Crippen molar-refractivity contribution in [3.8, 4) is 0 Å². The van der Waals surface area contributed by atoms with Crippen molar-refractivity contribution < 1.29 is 8.42 Å². The molecule has 0 spiro atoms. The lowest BCUT2D eigenvalue weighted by molar-refractivity contribution is 0.257. The van der Waals surface area contributed by atoms with E-state index in [1.165, 1.54) is 19.3 Å². The smallest absolute Gasteiger partial charge is 0.178 e. The molecule has 1 heterocycles. The van der Waals surface area contributed by atoms with E-state index in [4.69, 9.17) is 0 Å². The van der Waals surface area contributed by atoms with Crippen LogP contribution in [0.4, 0.5) is 0 Å². The lowest BCUT2D eigenvalue weighted by Crippen LogP contribution is -2.42. The van der Waals surface area contributed by atoms with Crippen LogP contribution in [0, 0.1) is 5.41 Å². The minimum absolute atomic E-state index is 0.178. The molecule has 3 nitrogen and oxygen atoms in total. The molecule has 0 radical (unpaired) electrons. The quantitative estimate of drug-likeness (QED) is 0.911. The molecule has 0 amide bonds. The van der Waals surface area contributed by atoms with E-state index < -0.39 is 9.84 Å². The largest absolute Gasteiger partial charge is 0.307 e. The molecule has 1 aromatic rings. The fourth-order valence-corrected chi connectivity index (χ4v) is 5.26. The Balaban J connectivity index is 1.89. The van der Waals surface area contributed by atoms with Gasteiger partial charge in [-0.1, -0.05) is 38.5 Å². The van der Waals surface area contributed by atoms with Gasteiger partial charge >= 0.3 is 0 Å². The third-order valence-corrected chi connectivity index (χ3v) is 6.78. The normalized spacial score (nSPS) is 30.9. The Bertz CT molecular complexity index is 607. The Labute approximate surface area is 121 Å². The van der Waals surface area contributed by atoms with E-state index in [0.29, 0.717) is 22.8 Å². The van der Waals surface area contributed by atoms with Crippen LogP contribution >= 0.6 is 0 Å². The first kappa shape index (κ1) is 14.1. The highest BCUT2D eigenvalue weighted by Gasteiger charge is 2.38. The van der Waals surface area contributed by atoms with Crippen LogP contribution in [-0.2, 0) is 9.84 Å². The predicted molar refractivity (Wildman–Crippen MR) is 80.4 cm³/mol. The van der Waals surface area contributed by atoms with Crippen LogP contribution in [0.1, 0.15) is 51.1 Å². The average Bonchev–Trinajstić information content (AvgIpc) is 2.73. The molecule has 1 aromatic carbocycles. The molecule has 1 aliphatic heterocycles. The lowest BCUT2D eigenvalue weighted by atomic mass is 9.86. The molecule has 20 heavy (non-hydrogen) atoms. The summed E-state index contributed by atoms with van der Waals surface area (Å²) >= 11 is 0. The maximum Gasteiger partial charge on any atom is 0.178 e. The molecule has 4 heteroatoms. The van der Waals surface area contributed by atoms with Gasteiger partial charge in [0.05, 0.1) is 10.6 Å². The summed E-state index contributed by atoms with van der Waals surface area (Å²) in [5.41, 5.74) is 1.27. The number of fused-ring (bicyclic) bond motifs is 1. The van der Waals surface area contributed by atoms with Gasteiger partial charge in [-0.2, -0.15) is 0 Å². The summed E-state index contributed by atoms with van der Waals surface area (Å²) in [5.74, 6) is 0.259. The van der Waals surface area contributed by atoms with E-state index in [-0.39, 0.29) is 11.8 Å². The Kier molecular flexibility index (Phi) is 3.41. The van der Waals surface area contributed by atoms with Crippen LogP contribution in [0.15, 0.2) is 29.2 Å². The lowest BCUT2D eigenvalue weighted by Gasteiger charge is -2.34. The van der Waals surface area contributed by atoms with E-state index in [9.17, 15) is 8.42 Å². The van der Waals surface area contributed by atoms with Gasteiger partial charge in [-0.25, -0.2) is 8.42 Å². The molecule has 2 atom stereocenters. The van der Waals surface area contributed by atoms with Gasteiger partial charge in [0, 0.05) is 12.1 Å². The van der Waals surface area contributed by atoms with Crippen LogP contribution in [-0.4, -0.2) is 20.2 Å². The van der Waals surface area contributed by atoms with Gasteiger partial charge in [0.2, 0.25) is 0 Å². The van der Waals surface area contributed by atoms with Gasteiger partial charge in [-0.3, -0.25) is 0 Å². The minimum Gasteiger partial charge on any atom is -0.307 e. The topological polar surface area (TPSA) is 46.2 Å². The van der Waals surface area contributed by atoms with Gasteiger partial charge in [-0.05, 0) is 36.3 Å². The van der Waals surface area contributed by atoms with Gasteiger partial charge in [0.15, 0.2) is 9.84 Å². The summed E-state index contributed by atoms with van der Waals surface area (Å²) in [5, 5.41) is 3.74. The standard InChI is InChI=1S/C16H23NO2S/c1-16(2)10-5-8-15(16)17-13-9-11-20(18,19)14-7-4-3-6-12(13)14/h3-4,6-7,13,15,17H,5,8-11H2,1-2H3. The summed E-state index contributed by atoms with van der Waals surface area (Å²) < 4.78 is 24.3. The maximum absolute atomic E-state index is 12.2. The molecule has 0 bridgehead atoms. The van der Waals surface area contributed by atoms with Crippen LogP contribution in [0.3, 0.4) is 0 Å². The average molecular weight is 293 g/mol. The summed E-state index contributed by atoms with van der Waals surface area (Å²) in [6.07, 6.45) is 4.39. The second-order valence-electron chi connectivity index (χ2n) is 6.80. The summed E-state index contributed by atoms with van der Waals surface area (Å²) in [6.45, 7) is 4.62. The molecule has 3 rings (SSSR count). The Morgan fingerprint density at radius 3 is 2.65 bits per heavy atom. The van der Waals surface area contributed by atoms with E-state index >= 15 is 0 Å². The highest BCUT2D eigenvalue weighted by molar-refractivity contribution is 7.91. The number of nitrogens with one attached hydrogen (secondary N) is 1. The molecular formula is C16H23NO2S. The third-order valence-electron chi connectivity index (χ3n) is 4.96. The fourth-order valence-electron chi connectivity index (χ4n) is 3.64. The molecule has 0 aromatic heterocycles. The molecule has 2 aliphatic rings. The molecule has 110 valence electrons. The Morgan fingerprint density at radius 1 is 1.20 bits per heavy atom. The van der Waals surface area contributed by atoms with Crippen molar-refractivity contribution in [1.29, 1.82) is 0 Å².